The van der Waals surface area contributed by atoms with Crippen molar-refractivity contribution < 1.29 is 0 Å². The average molecular weight is 834 g/mol. The van der Waals surface area contributed by atoms with Crippen LogP contribution in [0.2, 0.25) is 0 Å². The lowest BCUT2D eigenvalue weighted by Crippen LogP contribution is -2.02. The smallest absolute Gasteiger partial charge is 0.0803 e. The van der Waals surface area contributed by atoms with Crippen LogP contribution in [0.5, 0.6) is 0 Å². The second-order valence-corrected chi connectivity index (χ2v) is 17.3. The molecule has 3 heteroatoms. The van der Waals surface area contributed by atoms with Crippen LogP contribution in [0.3, 0.4) is 0 Å². The molecule has 11 rings (SSSR count). The first-order chi connectivity index (χ1) is 31.9. The molecule has 65 heavy (non-hydrogen) atoms. The van der Waals surface area contributed by atoms with E-state index in [1.807, 2.05) is 12.1 Å². The lowest BCUT2D eigenvalue weighted by atomic mass is 9.78. The number of nitrogens with zero attached hydrogens (tertiary/aromatic N) is 3. The van der Waals surface area contributed by atoms with Gasteiger partial charge >= 0.3 is 0 Å². The highest BCUT2D eigenvalue weighted by atomic mass is 14.7. The van der Waals surface area contributed by atoms with Crippen molar-refractivity contribution in [2.75, 3.05) is 0 Å². The number of fused-ring (bicyclic) bond motifs is 6. The van der Waals surface area contributed by atoms with Crippen LogP contribution < -0.4 is 0 Å². The molecular weight excluding hydrogens is 787 g/mol. The zero-order valence-electron chi connectivity index (χ0n) is 37.3. The molecule has 0 radical (unpaired) electrons. The van der Waals surface area contributed by atoms with E-state index in [2.05, 4.69) is 217 Å². The molecule has 11 aromatic rings. The van der Waals surface area contributed by atoms with E-state index in [9.17, 15) is 0 Å². The topological polar surface area (TPSA) is 38.7 Å². The van der Waals surface area contributed by atoms with Gasteiger partial charge in [-0.3, -0.25) is 9.97 Å². The summed E-state index contributed by atoms with van der Waals surface area (Å²) in [7, 11) is 0. The Labute approximate surface area is 380 Å². The Morgan fingerprint density at radius 2 is 0.708 bits per heavy atom. The van der Waals surface area contributed by atoms with E-state index in [0.29, 0.717) is 0 Å². The van der Waals surface area contributed by atoms with Gasteiger partial charge < -0.3 is 0 Å². The summed E-state index contributed by atoms with van der Waals surface area (Å²) in [5.74, 6) is 0. The molecule has 0 aliphatic rings. The van der Waals surface area contributed by atoms with Gasteiger partial charge in [-0.2, -0.15) is 0 Å². The highest BCUT2D eigenvalue weighted by Gasteiger charge is 2.27. The van der Waals surface area contributed by atoms with Gasteiger partial charge in [0.1, 0.15) is 0 Å². The Morgan fingerprint density at radius 1 is 0.308 bits per heavy atom. The SMILES string of the molecule is Cc1cc(-c2ccccc2)ncc1-c1ccccc1-c1c(C)c(-c2ccccc2-c2cnc(-c3ccccc3)cc2C)c2c3nc(-c4ccccc4)cc(C)c3c3ccccc3c2c1C. The Balaban J connectivity index is 1.26. The van der Waals surface area contributed by atoms with Gasteiger partial charge in [-0.1, -0.05) is 164 Å². The van der Waals surface area contributed by atoms with Crippen molar-refractivity contribution in [2.45, 2.75) is 34.6 Å². The van der Waals surface area contributed by atoms with Gasteiger partial charge in [-0.15, -0.1) is 0 Å². The summed E-state index contributed by atoms with van der Waals surface area (Å²) in [6, 6.07) is 64.9. The second-order valence-electron chi connectivity index (χ2n) is 17.3. The zero-order valence-corrected chi connectivity index (χ0v) is 37.3. The minimum atomic E-state index is 0.965. The molecule has 0 amide bonds. The monoisotopic (exact) mass is 833 g/mol. The molecule has 310 valence electrons. The maximum atomic E-state index is 5.71. The Morgan fingerprint density at radius 3 is 1.20 bits per heavy atom. The summed E-state index contributed by atoms with van der Waals surface area (Å²) >= 11 is 0. The van der Waals surface area contributed by atoms with Crippen molar-refractivity contribution in [1.82, 2.24) is 15.0 Å². The van der Waals surface area contributed by atoms with E-state index in [1.54, 1.807) is 0 Å². The van der Waals surface area contributed by atoms with Crippen molar-refractivity contribution in [1.29, 1.82) is 0 Å². The summed E-state index contributed by atoms with van der Waals surface area (Å²) in [4.78, 5) is 15.9. The molecule has 0 bridgehead atoms. The average Bonchev–Trinajstić information content (AvgIpc) is 3.35. The first-order valence-corrected chi connectivity index (χ1v) is 22.4. The normalized spacial score (nSPS) is 11.5. The van der Waals surface area contributed by atoms with Crippen LogP contribution in [0.15, 0.2) is 194 Å². The third kappa shape index (κ3) is 6.79. The highest BCUT2D eigenvalue weighted by molar-refractivity contribution is 6.31. The summed E-state index contributed by atoms with van der Waals surface area (Å²) in [5, 5.41) is 5.99. The zero-order chi connectivity index (χ0) is 44.2. The van der Waals surface area contributed by atoms with Gasteiger partial charge in [0, 0.05) is 51.0 Å². The first kappa shape index (κ1) is 39.8. The summed E-state index contributed by atoms with van der Waals surface area (Å²) < 4.78 is 0. The van der Waals surface area contributed by atoms with Crippen molar-refractivity contribution in [2.24, 2.45) is 0 Å². The van der Waals surface area contributed by atoms with Crippen LogP contribution in [-0.4, -0.2) is 15.0 Å². The molecule has 0 aliphatic carbocycles. The molecule has 8 aromatic carbocycles. The third-order valence-electron chi connectivity index (χ3n) is 13.3. The minimum absolute atomic E-state index is 0.965. The molecule has 0 aliphatic heterocycles. The predicted octanol–water partition coefficient (Wildman–Crippen LogP) is 16.5. The Hall–Kier alpha value is -8.01. The molecule has 3 aromatic heterocycles. The summed E-state index contributed by atoms with van der Waals surface area (Å²) in [6.07, 6.45) is 4.13. The Kier molecular flexibility index (Phi) is 9.97. The largest absolute Gasteiger partial charge is 0.256 e. The fourth-order valence-electron chi connectivity index (χ4n) is 10.3. The van der Waals surface area contributed by atoms with Crippen LogP contribution in [0.1, 0.15) is 27.8 Å². The lowest BCUT2D eigenvalue weighted by Gasteiger charge is -2.25. The van der Waals surface area contributed by atoms with Gasteiger partial charge in [0.15, 0.2) is 0 Å². The minimum Gasteiger partial charge on any atom is -0.256 e. The molecule has 0 fully saturated rings. The molecule has 3 nitrogen and oxygen atoms in total. The van der Waals surface area contributed by atoms with E-state index in [1.165, 1.54) is 71.4 Å². The highest BCUT2D eigenvalue weighted by Crippen LogP contribution is 2.51. The molecule has 0 spiro atoms. The van der Waals surface area contributed by atoms with E-state index in [-0.39, 0.29) is 0 Å². The number of hydrogen-bond acceptors (Lipinski definition) is 3. The number of rotatable bonds is 7. The van der Waals surface area contributed by atoms with Gasteiger partial charge in [-0.05, 0) is 130 Å². The van der Waals surface area contributed by atoms with Crippen LogP contribution in [0.4, 0.5) is 0 Å². The number of aromatic nitrogens is 3. The molecule has 0 saturated heterocycles. The van der Waals surface area contributed by atoms with Gasteiger partial charge in [0.2, 0.25) is 0 Å². The molecule has 0 unspecified atom stereocenters. The summed E-state index contributed by atoms with van der Waals surface area (Å²) in [6.45, 7) is 11.3. The second kappa shape index (κ2) is 16.3. The fraction of sp³-hybridized carbons (Fsp3) is 0.0806. The number of pyridine rings is 3. The molecule has 3 heterocycles. The fourth-order valence-corrected chi connectivity index (χ4v) is 10.3. The summed E-state index contributed by atoms with van der Waals surface area (Å²) in [5.41, 5.74) is 22.5. The third-order valence-corrected chi connectivity index (χ3v) is 13.3. The standard InChI is InChI=1S/C62H47N3/c1-38-33-54(43-21-9-6-10-22-43)63-36-52(38)46-27-15-17-29-48(46)58-41(4)59(49-30-18-16-28-47(49)53-37-64-55(34-39(53)2)44-23-11-7-12-24-44)61-60(42(58)5)51-32-20-19-31-50(51)57-40(3)35-56(65-62(57)61)45-25-13-8-14-26-45/h6-37H,1-5H3. The maximum absolute atomic E-state index is 5.71. The number of aryl methyl sites for hydroxylation is 4. The van der Waals surface area contributed by atoms with Gasteiger partial charge in [0.05, 0.1) is 22.6 Å². The van der Waals surface area contributed by atoms with Crippen LogP contribution in [0.25, 0.3) is 111 Å². The van der Waals surface area contributed by atoms with Crippen molar-refractivity contribution in [3.8, 4) is 78.3 Å². The van der Waals surface area contributed by atoms with Crippen molar-refractivity contribution in [3.63, 3.8) is 0 Å². The molecule has 0 N–H and O–H groups in total. The quantitative estimate of drug-likeness (QED) is 0.150. The van der Waals surface area contributed by atoms with E-state index < -0.39 is 0 Å². The molecular formula is C62H47N3. The number of hydrogen-bond donors (Lipinski definition) is 0. The van der Waals surface area contributed by atoms with E-state index in [0.717, 1.165) is 67.1 Å². The molecule has 0 atom stereocenters. The lowest BCUT2D eigenvalue weighted by molar-refractivity contribution is 1.28. The van der Waals surface area contributed by atoms with Crippen molar-refractivity contribution >= 4 is 32.4 Å². The van der Waals surface area contributed by atoms with Crippen LogP contribution in [-0.2, 0) is 0 Å². The molecule has 0 saturated carbocycles. The number of benzene rings is 8. The van der Waals surface area contributed by atoms with E-state index >= 15 is 0 Å². The Bertz CT molecular complexity index is 3630. The van der Waals surface area contributed by atoms with Crippen LogP contribution >= 0.6 is 0 Å². The maximum Gasteiger partial charge on any atom is 0.0803 e. The van der Waals surface area contributed by atoms with Gasteiger partial charge in [0.25, 0.3) is 0 Å². The first-order valence-electron chi connectivity index (χ1n) is 22.4. The van der Waals surface area contributed by atoms with Crippen LogP contribution in [0, 0.1) is 34.6 Å². The van der Waals surface area contributed by atoms with Crippen molar-refractivity contribution in [3.05, 3.63) is 222 Å². The van der Waals surface area contributed by atoms with E-state index in [4.69, 9.17) is 15.0 Å². The van der Waals surface area contributed by atoms with Gasteiger partial charge in [-0.25, -0.2) is 4.98 Å². The predicted molar refractivity (Wildman–Crippen MR) is 274 cm³/mol.